The molecule has 0 aliphatic rings. The highest BCUT2D eigenvalue weighted by Gasteiger charge is 2.16. The van der Waals surface area contributed by atoms with Gasteiger partial charge in [-0.25, -0.2) is 0 Å². The van der Waals surface area contributed by atoms with E-state index in [9.17, 15) is 4.79 Å². The lowest BCUT2D eigenvalue weighted by Crippen LogP contribution is -2.22. The van der Waals surface area contributed by atoms with E-state index in [1.807, 2.05) is 56.3 Å². The van der Waals surface area contributed by atoms with Gasteiger partial charge in [0.2, 0.25) is 11.0 Å². The molecule has 0 bridgehead atoms. The molecule has 4 nitrogen and oxygen atoms in total. The molecule has 2 aromatic carbocycles. The third-order valence-electron chi connectivity index (χ3n) is 3.67. The third-order valence-corrected chi connectivity index (χ3v) is 5.77. The summed E-state index contributed by atoms with van der Waals surface area (Å²) >= 11 is 2.99. The van der Waals surface area contributed by atoms with Crippen LogP contribution < -0.4 is 5.32 Å². The lowest BCUT2D eigenvalue weighted by atomic mass is 10.2. The fraction of sp³-hybridized carbons (Fsp3) is 0.211. The van der Waals surface area contributed by atoms with Crippen molar-refractivity contribution >= 4 is 34.1 Å². The summed E-state index contributed by atoms with van der Waals surface area (Å²) in [4.78, 5) is 12.3. The van der Waals surface area contributed by atoms with E-state index < -0.39 is 0 Å². The highest BCUT2D eigenvalue weighted by molar-refractivity contribution is 7.99. The van der Waals surface area contributed by atoms with Gasteiger partial charge in [0.1, 0.15) is 5.01 Å². The summed E-state index contributed by atoms with van der Waals surface area (Å²) < 4.78 is 0. The summed E-state index contributed by atoms with van der Waals surface area (Å²) in [6.07, 6.45) is 0. The number of aromatic nitrogens is 2. The quantitative estimate of drug-likeness (QED) is 0.680. The van der Waals surface area contributed by atoms with Crippen LogP contribution in [0.25, 0.3) is 10.6 Å². The second-order valence-electron chi connectivity index (χ2n) is 5.71. The molecule has 0 aliphatic carbocycles. The highest BCUT2D eigenvalue weighted by Crippen LogP contribution is 2.27. The summed E-state index contributed by atoms with van der Waals surface area (Å²) in [5.74, 6) is 0.757. The normalized spacial score (nSPS) is 11.9. The van der Waals surface area contributed by atoms with Crippen LogP contribution in [0.2, 0.25) is 0 Å². The predicted molar refractivity (Wildman–Crippen MR) is 106 cm³/mol. The Kier molecular flexibility index (Phi) is 5.83. The van der Waals surface area contributed by atoms with Gasteiger partial charge in [0.05, 0.1) is 5.25 Å². The Morgan fingerprint density at radius 2 is 1.84 bits per heavy atom. The molecule has 6 heteroatoms. The molecule has 0 fully saturated rings. The van der Waals surface area contributed by atoms with Crippen molar-refractivity contribution in [3.63, 3.8) is 0 Å². The number of hydrogen-bond donors (Lipinski definition) is 1. The Bertz CT molecular complexity index is 831. The minimum atomic E-state index is -0.160. The van der Waals surface area contributed by atoms with E-state index in [0.717, 1.165) is 16.3 Å². The van der Waals surface area contributed by atoms with Crippen LogP contribution in [0.3, 0.4) is 0 Å². The van der Waals surface area contributed by atoms with Crippen LogP contribution in [0.5, 0.6) is 0 Å². The van der Waals surface area contributed by atoms with Gasteiger partial charge in [-0.1, -0.05) is 71.5 Å². The number of benzene rings is 2. The van der Waals surface area contributed by atoms with E-state index in [0.29, 0.717) is 5.13 Å². The average Bonchev–Trinajstić information content (AvgIpc) is 3.09. The van der Waals surface area contributed by atoms with Crippen molar-refractivity contribution in [2.75, 3.05) is 5.32 Å². The maximum absolute atomic E-state index is 12.3. The van der Waals surface area contributed by atoms with Crippen LogP contribution in [0.1, 0.15) is 18.1 Å². The first kappa shape index (κ1) is 17.6. The van der Waals surface area contributed by atoms with Gasteiger partial charge in [-0.15, -0.1) is 22.0 Å². The summed E-state index contributed by atoms with van der Waals surface area (Å²) in [6.45, 7) is 3.95. The summed E-state index contributed by atoms with van der Waals surface area (Å²) in [5, 5.41) is 12.3. The van der Waals surface area contributed by atoms with Crippen LogP contribution in [-0.4, -0.2) is 21.4 Å². The Morgan fingerprint density at radius 3 is 2.56 bits per heavy atom. The molecule has 1 unspecified atom stereocenters. The fourth-order valence-corrected chi connectivity index (χ4v) is 3.76. The number of hydrogen-bond acceptors (Lipinski definition) is 5. The summed E-state index contributed by atoms with van der Waals surface area (Å²) in [6, 6.07) is 18.2. The van der Waals surface area contributed by atoms with Gasteiger partial charge in [-0.05, 0) is 19.4 Å². The van der Waals surface area contributed by atoms with Crippen LogP contribution >= 0.6 is 23.1 Å². The van der Waals surface area contributed by atoms with Gasteiger partial charge in [0, 0.05) is 11.3 Å². The average molecular weight is 370 g/mol. The minimum Gasteiger partial charge on any atom is -0.300 e. The smallest absolute Gasteiger partial charge is 0.239 e. The molecule has 1 heterocycles. The summed E-state index contributed by atoms with van der Waals surface area (Å²) in [7, 11) is 0. The number of amides is 1. The van der Waals surface area contributed by atoms with E-state index in [2.05, 4.69) is 27.6 Å². The molecule has 1 atom stereocenters. The molecule has 0 radical (unpaired) electrons. The number of carbonyl (C=O) groups is 1. The van der Waals surface area contributed by atoms with Crippen molar-refractivity contribution in [3.05, 3.63) is 65.7 Å². The summed E-state index contributed by atoms with van der Waals surface area (Å²) in [5.41, 5.74) is 3.42. The van der Waals surface area contributed by atoms with Crippen LogP contribution in [-0.2, 0) is 10.5 Å². The van der Waals surface area contributed by atoms with Crippen molar-refractivity contribution < 1.29 is 4.79 Å². The molecular weight excluding hydrogens is 350 g/mol. The molecule has 3 aromatic rings. The first-order valence-corrected chi connectivity index (χ1v) is 9.85. The molecule has 1 N–H and O–H groups in total. The standard InChI is InChI=1S/C19H19N3OS2/c1-13-8-10-16(11-9-13)18-21-22-19(25-18)20-17(23)14(2)24-12-15-6-4-3-5-7-15/h3-11,14H,12H2,1-2H3,(H,20,22,23). The van der Waals surface area contributed by atoms with Crippen LogP contribution in [0.4, 0.5) is 5.13 Å². The zero-order valence-corrected chi connectivity index (χ0v) is 15.7. The highest BCUT2D eigenvalue weighted by atomic mass is 32.2. The second kappa shape index (κ2) is 8.27. The van der Waals surface area contributed by atoms with E-state index in [1.165, 1.54) is 22.5 Å². The van der Waals surface area contributed by atoms with Crippen LogP contribution in [0.15, 0.2) is 54.6 Å². The van der Waals surface area contributed by atoms with Crippen molar-refractivity contribution in [3.8, 4) is 10.6 Å². The molecule has 0 saturated heterocycles. The lowest BCUT2D eigenvalue weighted by Gasteiger charge is -2.10. The minimum absolute atomic E-state index is 0.0486. The predicted octanol–water partition coefficient (Wildman–Crippen LogP) is 4.77. The Morgan fingerprint density at radius 1 is 1.12 bits per heavy atom. The van der Waals surface area contributed by atoms with Crippen molar-refractivity contribution in [1.82, 2.24) is 10.2 Å². The maximum Gasteiger partial charge on any atom is 0.239 e. The Labute approximate surface area is 155 Å². The first-order valence-electron chi connectivity index (χ1n) is 7.99. The molecule has 0 aliphatic heterocycles. The third kappa shape index (κ3) is 4.90. The van der Waals surface area contributed by atoms with E-state index in [1.54, 1.807) is 11.8 Å². The zero-order valence-electron chi connectivity index (χ0n) is 14.1. The topological polar surface area (TPSA) is 54.9 Å². The lowest BCUT2D eigenvalue weighted by molar-refractivity contribution is -0.115. The van der Waals surface area contributed by atoms with Crippen molar-refractivity contribution in [2.45, 2.75) is 24.9 Å². The maximum atomic E-state index is 12.3. The SMILES string of the molecule is Cc1ccc(-c2nnc(NC(=O)C(C)SCc3ccccc3)s2)cc1. The number of aryl methyl sites for hydroxylation is 1. The second-order valence-corrected chi connectivity index (χ2v) is 8.01. The number of nitrogens with zero attached hydrogens (tertiary/aromatic N) is 2. The van der Waals surface area contributed by atoms with Crippen molar-refractivity contribution in [2.24, 2.45) is 0 Å². The van der Waals surface area contributed by atoms with Gasteiger partial charge >= 0.3 is 0 Å². The zero-order chi connectivity index (χ0) is 17.6. The van der Waals surface area contributed by atoms with Gasteiger partial charge in [0.25, 0.3) is 0 Å². The van der Waals surface area contributed by atoms with E-state index in [4.69, 9.17) is 0 Å². The molecular formula is C19H19N3OS2. The molecule has 0 saturated carbocycles. The first-order chi connectivity index (χ1) is 12.1. The Balaban J connectivity index is 1.56. The molecule has 0 spiro atoms. The van der Waals surface area contributed by atoms with Gasteiger partial charge < -0.3 is 0 Å². The largest absolute Gasteiger partial charge is 0.300 e. The number of carbonyl (C=O) groups excluding carboxylic acids is 1. The molecule has 128 valence electrons. The van der Waals surface area contributed by atoms with Crippen molar-refractivity contribution in [1.29, 1.82) is 0 Å². The number of rotatable bonds is 6. The van der Waals surface area contributed by atoms with Gasteiger partial charge in [-0.2, -0.15) is 0 Å². The molecule has 3 rings (SSSR count). The number of thioether (sulfide) groups is 1. The monoisotopic (exact) mass is 369 g/mol. The Hall–Kier alpha value is -2.18. The van der Waals surface area contributed by atoms with Gasteiger partial charge in [0.15, 0.2) is 0 Å². The molecule has 25 heavy (non-hydrogen) atoms. The fourth-order valence-electron chi connectivity index (χ4n) is 2.16. The number of nitrogens with one attached hydrogen (secondary N) is 1. The number of anilines is 1. The van der Waals surface area contributed by atoms with Gasteiger partial charge in [-0.3, -0.25) is 10.1 Å². The van der Waals surface area contributed by atoms with E-state index in [-0.39, 0.29) is 11.2 Å². The van der Waals surface area contributed by atoms with E-state index >= 15 is 0 Å². The van der Waals surface area contributed by atoms with Crippen LogP contribution in [0, 0.1) is 6.92 Å². The molecule has 1 aromatic heterocycles. The molecule has 1 amide bonds.